The molecule has 0 bridgehead atoms. The van der Waals surface area contributed by atoms with Crippen molar-refractivity contribution in [1.82, 2.24) is 10.2 Å². The third kappa shape index (κ3) is 4.05. The van der Waals surface area contributed by atoms with E-state index in [0.29, 0.717) is 37.2 Å². The number of hydrogen-bond acceptors (Lipinski definition) is 6. The van der Waals surface area contributed by atoms with Crippen molar-refractivity contribution in [3.8, 4) is 11.5 Å². The molecule has 1 amide bonds. The molecule has 0 spiro atoms. The van der Waals surface area contributed by atoms with E-state index >= 15 is 0 Å². The van der Waals surface area contributed by atoms with Crippen LogP contribution >= 0.6 is 0 Å². The molecule has 1 aliphatic carbocycles. The number of amides is 1. The number of aliphatic hydroxyl groups is 1. The number of methoxy groups -OCH3 is 2. The number of carbonyl (C=O) groups is 1. The molecular weight excluding hydrogens is 324 g/mol. The predicted octanol–water partition coefficient (Wildman–Crippen LogP) is 0.717. The Morgan fingerprint density at radius 2 is 2.08 bits per heavy atom. The summed E-state index contributed by atoms with van der Waals surface area (Å²) in [7, 11) is 3.15. The van der Waals surface area contributed by atoms with Gasteiger partial charge in [0.05, 0.1) is 40.0 Å². The maximum Gasteiger partial charge on any atom is 0.237 e. The molecule has 0 radical (unpaired) electrons. The Morgan fingerprint density at radius 3 is 2.72 bits per heavy atom. The van der Waals surface area contributed by atoms with Gasteiger partial charge in [0.1, 0.15) is 6.10 Å². The fourth-order valence-corrected chi connectivity index (χ4v) is 3.22. The first-order valence-electron chi connectivity index (χ1n) is 8.65. The highest BCUT2D eigenvalue weighted by Gasteiger charge is 2.36. The van der Waals surface area contributed by atoms with Crippen LogP contribution in [0, 0.1) is 0 Å². The van der Waals surface area contributed by atoms with Crippen molar-refractivity contribution in [2.75, 3.05) is 40.5 Å². The van der Waals surface area contributed by atoms with Gasteiger partial charge in [0.25, 0.3) is 0 Å². The summed E-state index contributed by atoms with van der Waals surface area (Å²) in [6.07, 6.45) is 1.81. The van der Waals surface area contributed by atoms with E-state index in [0.717, 1.165) is 18.4 Å². The topological polar surface area (TPSA) is 80.3 Å². The summed E-state index contributed by atoms with van der Waals surface area (Å²) >= 11 is 0. The number of ether oxygens (including phenoxy) is 3. The SMILES string of the molecule is COc1ccc([C@@H]2[C@@H](CO)OCCN2C(=O)CNC2CC2)cc1OC. The summed E-state index contributed by atoms with van der Waals surface area (Å²) in [6.45, 7) is 1.08. The van der Waals surface area contributed by atoms with Crippen LogP contribution in [0.5, 0.6) is 11.5 Å². The standard InChI is InChI=1S/C18H26N2O5/c1-23-14-6-3-12(9-15(14)24-2)18-16(11-21)25-8-7-20(18)17(22)10-19-13-4-5-13/h3,6,9,13,16,18-19,21H,4-5,7-8,10-11H2,1-2H3/t16-,18-/m1/s1. The smallest absolute Gasteiger partial charge is 0.237 e. The number of benzene rings is 1. The minimum absolute atomic E-state index is 0.0217. The van der Waals surface area contributed by atoms with Crippen LogP contribution in [0.1, 0.15) is 24.4 Å². The molecule has 1 aliphatic heterocycles. The number of rotatable bonds is 7. The Hall–Kier alpha value is -1.83. The van der Waals surface area contributed by atoms with Crippen LogP contribution in [0.4, 0.5) is 0 Å². The summed E-state index contributed by atoms with van der Waals surface area (Å²) in [4.78, 5) is 14.5. The second kappa shape index (κ2) is 8.03. The Kier molecular flexibility index (Phi) is 5.78. The van der Waals surface area contributed by atoms with Gasteiger partial charge in [-0.2, -0.15) is 0 Å². The van der Waals surface area contributed by atoms with Gasteiger partial charge in [-0.25, -0.2) is 0 Å². The average Bonchev–Trinajstić information content (AvgIpc) is 3.49. The number of morpholine rings is 1. The zero-order valence-corrected chi connectivity index (χ0v) is 14.7. The predicted molar refractivity (Wildman–Crippen MR) is 91.9 cm³/mol. The third-order valence-electron chi connectivity index (χ3n) is 4.72. The van der Waals surface area contributed by atoms with Gasteiger partial charge in [-0.15, -0.1) is 0 Å². The second-order valence-electron chi connectivity index (χ2n) is 6.39. The largest absolute Gasteiger partial charge is 0.493 e. The van der Waals surface area contributed by atoms with E-state index in [2.05, 4.69) is 5.32 Å². The molecule has 1 heterocycles. The van der Waals surface area contributed by atoms with Crippen molar-refractivity contribution in [1.29, 1.82) is 0 Å². The van der Waals surface area contributed by atoms with E-state index in [4.69, 9.17) is 14.2 Å². The van der Waals surface area contributed by atoms with Crippen molar-refractivity contribution in [3.63, 3.8) is 0 Å². The van der Waals surface area contributed by atoms with Gasteiger partial charge in [0.15, 0.2) is 11.5 Å². The number of aliphatic hydroxyl groups excluding tert-OH is 1. The van der Waals surface area contributed by atoms with Crippen molar-refractivity contribution < 1.29 is 24.1 Å². The quantitative estimate of drug-likeness (QED) is 0.754. The summed E-state index contributed by atoms with van der Waals surface area (Å²) < 4.78 is 16.4. The molecule has 2 fully saturated rings. The lowest BCUT2D eigenvalue weighted by Gasteiger charge is -2.41. The van der Waals surface area contributed by atoms with Gasteiger partial charge < -0.3 is 29.5 Å². The van der Waals surface area contributed by atoms with E-state index in [1.807, 2.05) is 18.2 Å². The van der Waals surface area contributed by atoms with E-state index in [1.165, 1.54) is 0 Å². The maximum absolute atomic E-state index is 12.7. The molecule has 1 aromatic rings. The van der Waals surface area contributed by atoms with Gasteiger partial charge in [-0.1, -0.05) is 6.07 Å². The van der Waals surface area contributed by atoms with E-state index < -0.39 is 6.10 Å². The minimum atomic E-state index is -0.461. The first-order valence-corrected chi connectivity index (χ1v) is 8.65. The van der Waals surface area contributed by atoms with E-state index in [1.54, 1.807) is 19.1 Å². The molecule has 2 N–H and O–H groups in total. The van der Waals surface area contributed by atoms with Gasteiger partial charge in [0, 0.05) is 12.6 Å². The monoisotopic (exact) mass is 350 g/mol. The highest BCUT2D eigenvalue weighted by molar-refractivity contribution is 5.79. The Labute approximate surface area is 147 Å². The van der Waals surface area contributed by atoms with E-state index in [-0.39, 0.29) is 18.6 Å². The fraction of sp³-hybridized carbons (Fsp3) is 0.611. The Bertz CT molecular complexity index is 605. The molecule has 3 rings (SSSR count). The normalized spacial score (nSPS) is 23.4. The molecule has 2 atom stereocenters. The molecule has 7 heteroatoms. The van der Waals surface area contributed by atoms with Gasteiger partial charge >= 0.3 is 0 Å². The van der Waals surface area contributed by atoms with Crippen LogP contribution in [-0.4, -0.2) is 68.6 Å². The van der Waals surface area contributed by atoms with Crippen LogP contribution in [0.2, 0.25) is 0 Å². The van der Waals surface area contributed by atoms with Crippen LogP contribution in [0.25, 0.3) is 0 Å². The van der Waals surface area contributed by atoms with Crippen LogP contribution in [0.15, 0.2) is 18.2 Å². The van der Waals surface area contributed by atoms with E-state index in [9.17, 15) is 9.90 Å². The lowest BCUT2D eigenvalue weighted by Crippen LogP contribution is -2.51. The maximum atomic E-state index is 12.7. The molecule has 1 saturated carbocycles. The third-order valence-corrected chi connectivity index (χ3v) is 4.72. The Morgan fingerprint density at radius 1 is 1.32 bits per heavy atom. The zero-order chi connectivity index (χ0) is 17.8. The van der Waals surface area contributed by atoms with Crippen molar-refractivity contribution >= 4 is 5.91 Å². The van der Waals surface area contributed by atoms with Crippen molar-refractivity contribution in [3.05, 3.63) is 23.8 Å². The molecule has 25 heavy (non-hydrogen) atoms. The number of carbonyl (C=O) groups excluding carboxylic acids is 1. The van der Waals surface area contributed by atoms with Crippen molar-refractivity contribution in [2.45, 2.75) is 31.0 Å². The number of hydrogen-bond donors (Lipinski definition) is 2. The van der Waals surface area contributed by atoms with Gasteiger partial charge in [-0.05, 0) is 30.5 Å². The molecule has 0 aromatic heterocycles. The highest BCUT2D eigenvalue weighted by Crippen LogP contribution is 2.35. The first-order chi connectivity index (χ1) is 12.2. The molecule has 0 unspecified atom stereocenters. The lowest BCUT2D eigenvalue weighted by atomic mass is 9.97. The lowest BCUT2D eigenvalue weighted by molar-refractivity contribution is -0.149. The second-order valence-corrected chi connectivity index (χ2v) is 6.39. The van der Waals surface area contributed by atoms with Crippen LogP contribution in [0.3, 0.4) is 0 Å². The molecule has 1 aromatic carbocycles. The summed E-state index contributed by atoms with van der Waals surface area (Å²) in [6, 6.07) is 5.65. The molecule has 138 valence electrons. The van der Waals surface area contributed by atoms with Gasteiger partial charge in [0.2, 0.25) is 5.91 Å². The number of nitrogens with one attached hydrogen (secondary N) is 1. The summed E-state index contributed by atoms with van der Waals surface area (Å²) in [5, 5.41) is 13.0. The zero-order valence-electron chi connectivity index (χ0n) is 14.7. The fourth-order valence-electron chi connectivity index (χ4n) is 3.22. The Balaban J connectivity index is 1.84. The first kappa shape index (κ1) is 18.0. The summed E-state index contributed by atoms with van der Waals surface area (Å²) in [5.74, 6) is 1.23. The van der Waals surface area contributed by atoms with Crippen LogP contribution in [-0.2, 0) is 9.53 Å². The van der Waals surface area contributed by atoms with Crippen molar-refractivity contribution in [2.24, 2.45) is 0 Å². The molecule has 1 saturated heterocycles. The summed E-state index contributed by atoms with van der Waals surface area (Å²) in [5.41, 5.74) is 0.858. The van der Waals surface area contributed by atoms with Gasteiger partial charge in [-0.3, -0.25) is 4.79 Å². The average molecular weight is 350 g/mol. The molecule has 7 nitrogen and oxygen atoms in total. The van der Waals surface area contributed by atoms with Crippen LogP contribution < -0.4 is 14.8 Å². The highest BCUT2D eigenvalue weighted by atomic mass is 16.5. The molecular formula is C18H26N2O5. The minimum Gasteiger partial charge on any atom is -0.493 e. The number of nitrogens with zero attached hydrogens (tertiary/aromatic N) is 1. The molecule has 2 aliphatic rings.